The average molecular weight is 348 g/mol. The first-order chi connectivity index (χ1) is 11.5. The predicted molar refractivity (Wildman–Crippen MR) is 85.1 cm³/mol. The molecule has 136 valence electrons. The molecule has 0 amide bonds. The number of ether oxygens (including phenoxy) is 2. The van der Waals surface area contributed by atoms with E-state index in [4.69, 9.17) is 9.47 Å². The maximum Gasteiger partial charge on any atom is 0.422 e. The molecule has 0 radical (unpaired) electrons. The first kappa shape index (κ1) is 20.0. The van der Waals surface area contributed by atoms with Gasteiger partial charge in [-0.2, -0.15) is 13.2 Å². The molecule has 0 aromatic carbocycles. The molecule has 1 aromatic heterocycles. The molecule has 0 aliphatic carbocycles. The van der Waals surface area contributed by atoms with Gasteiger partial charge in [-0.15, -0.1) is 0 Å². The molecular formula is C15H23F3N4O2. The highest BCUT2D eigenvalue weighted by Crippen LogP contribution is 2.19. The number of halogens is 3. The third kappa shape index (κ3) is 8.56. The second-order valence-electron chi connectivity index (χ2n) is 4.77. The van der Waals surface area contributed by atoms with Crippen LogP contribution < -0.4 is 15.4 Å². The summed E-state index contributed by atoms with van der Waals surface area (Å²) in [4.78, 5) is 7.89. The van der Waals surface area contributed by atoms with Gasteiger partial charge in [0.05, 0.1) is 0 Å². The Kier molecular flexibility index (Phi) is 8.92. The molecular weight excluding hydrogens is 325 g/mol. The smallest absolute Gasteiger partial charge is 0.422 e. The maximum absolute atomic E-state index is 12.3. The first-order valence-electron chi connectivity index (χ1n) is 7.62. The van der Waals surface area contributed by atoms with Crippen LogP contribution in [0.25, 0.3) is 0 Å². The van der Waals surface area contributed by atoms with Crippen molar-refractivity contribution in [2.75, 3.05) is 33.4 Å². The van der Waals surface area contributed by atoms with Crippen LogP contribution in [0.1, 0.15) is 18.9 Å². The van der Waals surface area contributed by atoms with E-state index in [-0.39, 0.29) is 12.4 Å². The van der Waals surface area contributed by atoms with Crippen LogP contribution in [0.5, 0.6) is 5.88 Å². The molecule has 6 nitrogen and oxygen atoms in total. The van der Waals surface area contributed by atoms with Gasteiger partial charge >= 0.3 is 6.18 Å². The second-order valence-corrected chi connectivity index (χ2v) is 4.77. The molecule has 1 rings (SSSR count). The van der Waals surface area contributed by atoms with Gasteiger partial charge in [0.15, 0.2) is 12.6 Å². The molecule has 0 bridgehead atoms. The van der Waals surface area contributed by atoms with Crippen LogP contribution in [0.4, 0.5) is 13.2 Å². The number of aliphatic imine (C=N–C) groups is 1. The van der Waals surface area contributed by atoms with Gasteiger partial charge in [-0.25, -0.2) is 4.98 Å². The second kappa shape index (κ2) is 10.7. The fraction of sp³-hybridized carbons (Fsp3) is 0.600. The van der Waals surface area contributed by atoms with Crippen LogP contribution in [-0.2, 0) is 11.3 Å². The zero-order valence-corrected chi connectivity index (χ0v) is 13.8. The third-order valence-electron chi connectivity index (χ3n) is 2.85. The van der Waals surface area contributed by atoms with E-state index in [1.807, 2.05) is 6.92 Å². The highest BCUT2D eigenvalue weighted by atomic mass is 19.4. The van der Waals surface area contributed by atoms with Crippen molar-refractivity contribution < 1.29 is 22.6 Å². The largest absolute Gasteiger partial charge is 0.468 e. The lowest BCUT2D eigenvalue weighted by atomic mass is 10.2. The summed E-state index contributed by atoms with van der Waals surface area (Å²) in [5.74, 6) is 0.492. The minimum Gasteiger partial charge on any atom is -0.468 e. The normalized spacial score (nSPS) is 12.1. The number of nitrogens with zero attached hydrogens (tertiary/aromatic N) is 2. The molecule has 0 aliphatic rings. The third-order valence-corrected chi connectivity index (χ3v) is 2.85. The molecule has 1 heterocycles. The lowest BCUT2D eigenvalue weighted by Gasteiger charge is -2.14. The van der Waals surface area contributed by atoms with Crippen LogP contribution in [0, 0.1) is 0 Å². The fourth-order valence-electron chi connectivity index (χ4n) is 1.76. The van der Waals surface area contributed by atoms with Gasteiger partial charge in [-0.05, 0) is 19.4 Å². The molecule has 0 fully saturated rings. The molecule has 0 spiro atoms. The van der Waals surface area contributed by atoms with E-state index in [9.17, 15) is 13.2 Å². The Bertz CT molecular complexity index is 510. The molecule has 1 aromatic rings. The highest BCUT2D eigenvalue weighted by Gasteiger charge is 2.29. The molecule has 0 saturated heterocycles. The standard InChI is InChI=1S/C15H23F3N4O2/c1-3-23-9-5-8-21-14(19-2)22-10-12-6-4-7-20-13(12)24-11-15(16,17)18/h4,6-7H,3,5,8-11H2,1-2H3,(H2,19,21,22). The van der Waals surface area contributed by atoms with E-state index >= 15 is 0 Å². The maximum atomic E-state index is 12.3. The van der Waals surface area contributed by atoms with Crippen LogP contribution >= 0.6 is 0 Å². The number of nitrogens with one attached hydrogen (secondary N) is 2. The summed E-state index contributed by atoms with van der Waals surface area (Å²) in [6, 6.07) is 3.28. The SMILES string of the molecule is CCOCCCNC(=NC)NCc1cccnc1OCC(F)(F)F. The Hall–Kier alpha value is -2.03. The van der Waals surface area contributed by atoms with E-state index in [1.54, 1.807) is 19.2 Å². The van der Waals surface area contributed by atoms with Crippen molar-refractivity contribution in [3.63, 3.8) is 0 Å². The Morgan fingerprint density at radius 3 is 2.79 bits per heavy atom. The van der Waals surface area contributed by atoms with Gasteiger partial charge in [0.2, 0.25) is 5.88 Å². The monoisotopic (exact) mass is 348 g/mol. The number of hydrogen-bond acceptors (Lipinski definition) is 4. The van der Waals surface area contributed by atoms with Crippen LogP contribution in [0.15, 0.2) is 23.3 Å². The van der Waals surface area contributed by atoms with Gasteiger partial charge in [0.25, 0.3) is 0 Å². The van der Waals surface area contributed by atoms with Crippen molar-refractivity contribution in [3.8, 4) is 5.88 Å². The van der Waals surface area contributed by atoms with Crippen molar-refractivity contribution in [1.29, 1.82) is 0 Å². The average Bonchev–Trinajstić information content (AvgIpc) is 2.55. The summed E-state index contributed by atoms with van der Waals surface area (Å²) >= 11 is 0. The van der Waals surface area contributed by atoms with E-state index < -0.39 is 12.8 Å². The van der Waals surface area contributed by atoms with E-state index in [1.165, 1.54) is 6.20 Å². The number of rotatable bonds is 9. The minimum absolute atomic E-state index is 0.0471. The predicted octanol–water partition coefficient (Wildman–Crippen LogP) is 2.11. The summed E-state index contributed by atoms with van der Waals surface area (Å²) in [6.07, 6.45) is -2.20. The zero-order valence-electron chi connectivity index (χ0n) is 13.8. The van der Waals surface area contributed by atoms with Crippen molar-refractivity contribution in [1.82, 2.24) is 15.6 Å². The number of aromatic nitrogens is 1. The molecule has 2 N–H and O–H groups in total. The van der Waals surface area contributed by atoms with Gasteiger partial charge in [-0.3, -0.25) is 4.99 Å². The van der Waals surface area contributed by atoms with Crippen LogP contribution in [0.2, 0.25) is 0 Å². The quantitative estimate of drug-likeness (QED) is 0.406. The molecule has 9 heteroatoms. The summed E-state index contributed by atoms with van der Waals surface area (Å²) in [7, 11) is 1.61. The highest BCUT2D eigenvalue weighted by molar-refractivity contribution is 5.79. The zero-order chi connectivity index (χ0) is 17.8. The minimum atomic E-state index is -4.40. The van der Waals surface area contributed by atoms with Crippen molar-refractivity contribution in [3.05, 3.63) is 23.9 Å². The van der Waals surface area contributed by atoms with Gasteiger partial charge < -0.3 is 20.1 Å². The van der Waals surface area contributed by atoms with Crippen LogP contribution in [0.3, 0.4) is 0 Å². The van der Waals surface area contributed by atoms with Crippen molar-refractivity contribution in [2.24, 2.45) is 4.99 Å². The first-order valence-corrected chi connectivity index (χ1v) is 7.62. The Balaban J connectivity index is 2.47. The van der Waals surface area contributed by atoms with Crippen LogP contribution in [-0.4, -0.2) is 50.5 Å². The number of guanidine groups is 1. The Labute approximate surface area is 139 Å². The van der Waals surface area contributed by atoms with E-state index in [2.05, 4.69) is 20.6 Å². The van der Waals surface area contributed by atoms with Gasteiger partial charge in [0.1, 0.15) is 0 Å². The van der Waals surface area contributed by atoms with Crippen molar-refractivity contribution in [2.45, 2.75) is 26.1 Å². The van der Waals surface area contributed by atoms with Gasteiger partial charge in [0, 0.05) is 45.1 Å². The molecule has 0 aliphatic heterocycles. The summed E-state index contributed by atoms with van der Waals surface area (Å²) < 4.78 is 46.8. The van der Waals surface area contributed by atoms with E-state index in [0.717, 1.165) is 6.42 Å². The molecule has 0 saturated carbocycles. The summed E-state index contributed by atoms with van der Waals surface area (Å²) in [5, 5.41) is 6.10. The summed E-state index contributed by atoms with van der Waals surface area (Å²) in [6.45, 7) is 2.80. The Morgan fingerprint density at radius 1 is 1.33 bits per heavy atom. The Morgan fingerprint density at radius 2 is 2.12 bits per heavy atom. The number of alkyl halides is 3. The fourth-order valence-corrected chi connectivity index (χ4v) is 1.76. The topological polar surface area (TPSA) is 67.8 Å². The number of pyridine rings is 1. The number of hydrogen-bond donors (Lipinski definition) is 2. The molecule has 0 atom stereocenters. The summed E-state index contributed by atoms with van der Waals surface area (Å²) in [5.41, 5.74) is 0.513. The van der Waals surface area contributed by atoms with Crippen molar-refractivity contribution >= 4 is 5.96 Å². The lowest BCUT2D eigenvalue weighted by Crippen LogP contribution is -2.37. The molecule has 24 heavy (non-hydrogen) atoms. The molecule has 0 unspecified atom stereocenters. The lowest BCUT2D eigenvalue weighted by molar-refractivity contribution is -0.154. The van der Waals surface area contributed by atoms with Gasteiger partial charge in [-0.1, -0.05) is 6.07 Å². The van der Waals surface area contributed by atoms with E-state index in [0.29, 0.717) is 31.3 Å².